The highest BCUT2D eigenvalue weighted by molar-refractivity contribution is 7.93. The Hall–Kier alpha value is -3.40. The van der Waals surface area contributed by atoms with Crippen LogP contribution in [0.25, 0.3) is 0 Å². The van der Waals surface area contributed by atoms with Crippen LogP contribution >= 0.6 is 11.6 Å². The van der Waals surface area contributed by atoms with Crippen LogP contribution in [0.4, 0.5) is 13.2 Å². The van der Waals surface area contributed by atoms with E-state index in [-0.39, 0.29) is 30.2 Å². The molecule has 0 fully saturated rings. The van der Waals surface area contributed by atoms with E-state index in [9.17, 15) is 22.2 Å². The summed E-state index contributed by atoms with van der Waals surface area (Å²) < 4.78 is 58.6. The smallest absolute Gasteiger partial charge is 0.331 e. The first-order chi connectivity index (χ1) is 19.7. The van der Waals surface area contributed by atoms with E-state index >= 15 is 0 Å². The highest BCUT2D eigenvalue weighted by Crippen LogP contribution is 2.37. The number of alkyl halides is 3. The Bertz CT molecular complexity index is 1710. The molecule has 8 nitrogen and oxygen atoms in total. The first kappa shape index (κ1) is 30.1. The minimum absolute atomic E-state index is 0.00304. The summed E-state index contributed by atoms with van der Waals surface area (Å²) in [6.45, 7) is 7.58. The molecule has 1 amide bonds. The third kappa shape index (κ3) is 5.53. The number of hydrogen-bond acceptors (Lipinski definition) is 6. The Kier molecular flexibility index (Phi) is 7.89. The van der Waals surface area contributed by atoms with Gasteiger partial charge in [-0.25, -0.2) is 4.21 Å². The molecule has 0 saturated carbocycles. The predicted molar refractivity (Wildman–Crippen MR) is 152 cm³/mol. The Balaban J connectivity index is 1.40. The number of carbonyl (C=O) groups excluding carboxylic acids is 1. The zero-order chi connectivity index (χ0) is 30.6. The van der Waals surface area contributed by atoms with Crippen molar-refractivity contribution in [3.63, 3.8) is 0 Å². The van der Waals surface area contributed by atoms with Gasteiger partial charge in [-0.1, -0.05) is 23.7 Å². The number of rotatable bonds is 4. The summed E-state index contributed by atoms with van der Waals surface area (Å²) >= 11 is 5.78. The van der Waals surface area contributed by atoms with Gasteiger partial charge in [0.05, 0.1) is 37.7 Å². The van der Waals surface area contributed by atoms with E-state index in [1.54, 1.807) is 23.2 Å². The molecule has 42 heavy (non-hydrogen) atoms. The van der Waals surface area contributed by atoms with Crippen LogP contribution < -0.4 is 0 Å². The number of nitriles is 1. The number of carbonyl (C=O) groups is 1. The van der Waals surface area contributed by atoms with Gasteiger partial charge in [-0.15, -0.1) is 4.36 Å². The van der Waals surface area contributed by atoms with Gasteiger partial charge in [0.1, 0.15) is 0 Å². The molecule has 1 unspecified atom stereocenters. The second kappa shape index (κ2) is 11.0. The van der Waals surface area contributed by atoms with Crippen LogP contribution in [0.3, 0.4) is 0 Å². The molecule has 0 radical (unpaired) electrons. The molecule has 4 atom stereocenters. The third-order valence-corrected chi connectivity index (χ3v) is 10.1. The summed E-state index contributed by atoms with van der Waals surface area (Å²) in [5.74, 6) is -0.486. The summed E-state index contributed by atoms with van der Waals surface area (Å²) in [4.78, 5) is 17.9. The van der Waals surface area contributed by atoms with E-state index in [0.717, 1.165) is 41.2 Å². The maximum atomic E-state index is 13.5. The number of fused-ring (bicyclic) bond motifs is 3. The topological polar surface area (TPSA) is 94.6 Å². The molecule has 0 aliphatic carbocycles. The third-order valence-electron chi connectivity index (χ3n) is 8.16. The molecule has 5 rings (SSSR count). The number of amides is 1. The van der Waals surface area contributed by atoms with Crippen molar-refractivity contribution in [3.05, 3.63) is 81.1 Å². The van der Waals surface area contributed by atoms with E-state index in [2.05, 4.69) is 23.1 Å². The average Bonchev–Trinajstić information content (AvgIpc) is 3.29. The van der Waals surface area contributed by atoms with Crippen LogP contribution in [0, 0.1) is 11.5 Å². The number of halogens is 4. The van der Waals surface area contributed by atoms with E-state index < -0.39 is 32.4 Å². The largest absolute Gasteiger partial charge is 0.417 e. The van der Waals surface area contributed by atoms with Gasteiger partial charge in [-0.3, -0.25) is 14.4 Å². The van der Waals surface area contributed by atoms with Gasteiger partial charge in [0.25, 0.3) is 5.91 Å². The van der Waals surface area contributed by atoms with Crippen LogP contribution in [0.1, 0.15) is 71.3 Å². The van der Waals surface area contributed by atoms with Crippen LogP contribution in [0.15, 0.2) is 51.7 Å². The molecule has 0 spiro atoms. The minimum atomic E-state index is -4.67. The molecule has 0 N–H and O–H groups in total. The maximum Gasteiger partial charge on any atom is 0.417 e. The van der Waals surface area contributed by atoms with Gasteiger partial charge in [0.15, 0.2) is 0 Å². The molecule has 0 bridgehead atoms. The van der Waals surface area contributed by atoms with Gasteiger partial charge >= 0.3 is 6.18 Å². The Morgan fingerprint density at radius 1 is 1.17 bits per heavy atom. The minimum Gasteiger partial charge on any atom is -0.331 e. The lowest BCUT2D eigenvalue weighted by Crippen LogP contribution is -2.43. The lowest BCUT2D eigenvalue weighted by molar-refractivity contribution is -0.137. The van der Waals surface area contributed by atoms with Gasteiger partial charge in [-0.05, 0) is 56.7 Å². The highest BCUT2D eigenvalue weighted by atomic mass is 35.5. The average molecular weight is 619 g/mol. The monoisotopic (exact) mass is 618 g/mol. The molecule has 2 aromatic carbocycles. The quantitative estimate of drug-likeness (QED) is 0.324. The van der Waals surface area contributed by atoms with Gasteiger partial charge < -0.3 is 4.90 Å². The van der Waals surface area contributed by atoms with Crippen molar-refractivity contribution in [2.45, 2.75) is 69.5 Å². The van der Waals surface area contributed by atoms with Crippen molar-refractivity contribution in [1.29, 1.82) is 5.26 Å². The summed E-state index contributed by atoms with van der Waals surface area (Å²) in [5.41, 5.74) is 2.72. The SMILES string of the molecule is C[C@@H]1Cc2nn3c(c2CN1C(=O)c1ccc(Cl)c(C(F)(F)F)c1)CN([C@@H](C)c1ccc(S(C)(=O)=NC#N)cc1)C[C@H]3C. The molecule has 222 valence electrons. The molecular formula is C29H30ClF3N6O2S. The van der Waals surface area contributed by atoms with Gasteiger partial charge in [0, 0.05) is 60.4 Å². The standard InChI is InChI=1S/C29H30ClF3N6O2S/c1-17-11-26-23(14-38(17)28(40)21-7-10-25(30)24(12-21)29(31,32)33)27-15-37(13-18(2)39(27)36-26)19(3)20-5-8-22(9-6-20)42(4,41)35-16-34/h5-10,12,17-19H,11,13-15H2,1-4H3/t17-,18-,19+,42?/m1/s1. The van der Waals surface area contributed by atoms with Crippen molar-refractivity contribution in [2.24, 2.45) is 4.36 Å². The molecule has 2 aliphatic rings. The van der Waals surface area contributed by atoms with Crippen LogP contribution in [0.2, 0.25) is 5.02 Å². The normalized spacial score (nSPS) is 21.1. The first-order valence-electron chi connectivity index (χ1n) is 13.4. The van der Waals surface area contributed by atoms with E-state index in [1.807, 2.05) is 23.7 Å². The Labute approximate surface area is 247 Å². The lowest BCUT2D eigenvalue weighted by atomic mass is 9.96. The van der Waals surface area contributed by atoms with Crippen molar-refractivity contribution in [3.8, 4) is 6.19 Å². The molecular weight excluding hydrogens is 589 g/mol. The zero-order valence-corrected chi connectivity index (χ0v) is 25.1. The summed E-state index contributed by atoms with van der Waals surface area (Å²) in [5, 5.41) is 13.3. The second-order valence-electron chi connectivity index (χ2n) is 11.0. The van der Waals surface area contributed by atoms with Gasteiger partial charge in [-0.2, -0.15) is 23.5 Å². The van der Waals surface area contributed by atoms with Crippen molar-refractivity contribution >= 4 is 27.2 Å². The summed E-state index contributed by atoms with van der Waals surface area (Å²) in [6.07, 6.45) is -1.12. The fraction of sp³-hybridized carbons (Fsp3) is 0.414. The fourth-order valence-electron chi connectivity index (χ4n) is 5.77. The Morgan fingerprint density at radius 3 is 2.50 bits per heavy atom. The van der Waals surface area contributed by atoms with Crippen molar-refractivity contribution in [1.82, 2.24) is 19.6 Å². The fourth-order valence-corrected chi connectivity index (χ4v) is 6.90. The number of aromatic nitrogens is 2. The molecule has 1 aromatic heterocycles. The van der Waals surface area contributed by atoms with E-state index in [4.69, 9.17) is 22.0 Å². The lowest BCUT2D eigenvalue weighted by Gasteiger charge is -2.38. The van der Waals surface area contributed by atoms with Crippen LogP contribution in [-0.2, 0) is 35.4 Å². The number of hydrogen-bond donors (Lipinski definition) is 0. The van der Waals surface area contributed by atoms with Crippen molar-refractivity contribution < 1.29 is 22.2 Å². The number of benzene rings is 2. The van der Waals surface area contributed by atoms with Crippen LogP contribution in [0.5, 0.6) is 0 Å². The molecule has 2 aliphatic heterocycles. The molecule has 3 heterocycles. The molecule has 0 saturated heterocycles. The highest BCUT2D eigenvalue weighted by Gasteiger charge is 2.38. The van der Waals surface area contributed by atoms with E-state index in [1.165, 1.54) is 12.3 Å². The molecule has 13 heteroatoms. The van der Waals surface area contributed by atoms with Crippen LogP contribution in [-0.4, -0.2) is 48.5 Å². The summed E-state index contributed by atoms with van der Waals surface area (Å²) in [7, 11) is -2.78. The number of nitrogens with zero attached hydrogens (tertiary/aromatic N) is 6. The second-order valence-corrected chi connectivity index (χ2v) is 13.7. The molecule has 3 aromatic rings. The first-order valence-corrected chi connectivity index (χ1v) is 15.7. The Morgan fingerprint density at radius 2 is 1.86 bits per heavy atom. The zero-order valence-electron chi connectivity index (χ0n) is 23.5. The maximum absolute atomic E-state index is 13.5. The summed E-state index contributed by atoms with van der Waals surface area (Å²) in [6, 6.07) is 10.3. The predicted octanol–water partition coefficient (Wildman–Crippen LogP) is 6.22. The van der Waals surface area contributed by atoms with Crippen molar-refractivity contribution in [2.75, 3.05) is 12.8 Å². The van der Waals surface area contributed by atoms with Gasteiger partial charge in [0.2, 0.25) is 6.19 Å². The van der Waals surface area contributed by atoms with E-state index in [0.29, 0.717) is 17.9 Å².